The Kier molecular flexibility index (Phi) is 3.93. The molecule has 0 amide bonds. The first-order chi connectivity index (χ1) is 8.58. The van der Waals surface area contributed by atoms with Crippen molar-refractivity contribution in [1.29, 1.82) is 5.41 Å². The predicted molar refractivity (Wildman–Crippen MR) is 72.6 cm³/mol. The largest absolute Gasteiger partial charge is 0.382 e. The number of aromatic nitrogens is 1. The number of pyridine rings is 1. The second-order valence-corrected chi connectivity index (χ2v) is 5.01. The maximum absolute atomic E-state index is 7.56. The van der Waals surface area contributed by atoms with Crippen LogP contribution in [0.2, 0.25) is 0 Å². The summed E-state index contributed by atoms with van der Waals surface area (Å²) in [7, 11) is 2.15. The highest BCUT2D eigenvalue weighted by Crippen LogP contribution is 2.14. The molecule has 0 saturated carbocycles. The van der Waals surface area contributed by atoms with Gasteiger partial charge in [-0.25, -0.2) is 0 Å². The molecule has 3 N–H and O–H groups in total. The number of likely N-dealkylation sites (N-methyl/N-ethyl adjacent to an activating group) is 1. The molecular formula is C13H21N5. The van der Waals surface area contributed by atoms with Gasteiger partial charge >= 0.3 is 0 Å². The Bertz CT molecular complexity index is 431. The SMILES string of the molecule is CC1CN(C)CCN1Cc1cccnc1C(=N)N. The van der Waals surface area contributed by atoms with Gasteiger partial charge in [0.25, 0.3) is 0 Å². The number of rotatable bonds is 3. The molecule has 1 saturated heterocycles. The fourth-order valence-corrected chi connectivity index (χ4v) is 2.44. The lowest BCUT2D eigenvalue weighted by Gasteiger charge is -2.38. The Morgan fingerprint density at radius 2 is 2.33 bits per heavy atom. The Morgan fingerprint density at radius 1 is 1.56 bits per heavy atom. The van der Waals surface area contributed by atoms with Crippen molar-refractivity contribution in [3.05, 3.63) is 29.6 Å². The molecule has 1 atom stereocenters. The van der Waals surface area contributed by atoms with E-state index in [9.17, 15) is 0 Å². The molecule has 1 fully saturated rings. The van der Waals surface area contributed by atoms with E-state index in [4.69, 9.17) is 11.1 Å². The van der Waals surface area contributed by atoms with Crippen molar-refractivity contribution < 1.29 is 0 Å². The number of nitrogens with zero attached hydrogens (tertiary/aromatic N) is 3. The van der Waals surface area contributed by atoms with Crippen LogP contribution in [0.1, 0.15) is 18.2 Å². The highest BCUT2D eigenvalue weighted by molar-refractivity contribution is 5.94. The maximum atomic E-state index is 7.56. The van der Waals surface area contributed by atoms with E-state index in [1.165, 1.54) is 0 Å². The molecule has 1 aromatic rings. The van der Waals surface area contributed by atoms with Crippen LogP contribution in [0.25, 0.3) is 0 Å². The Hall–Kier alpha value is -1.46. The molecule has 1 aliphatic heterocycles. The van der Waals surface area contributed by atoms with Crippen LogP contribution in [0.15, 0.2) is 18.3 Å². The monoisotopic (exact) mass is 247 g/mol. The smallest absolute Gasteiger partial charge is 0.142 e. The minimum Gasteiger partial charge on any atom is -0.382 e. The number of nitrogens with two attached hydrogens (primary N) is 1. The van der Waals surface area contributed by atoms with Crippen LogP contribution in [0, 0.1) is 5.41 Å². The number of nitrogens with one attached hydrogen (secondary N) is 1. The predicted octanol–water partition coefficient (Wildman–Crippen LogP) is 0.502. The van der Waals surface area contributed by atoms with Gasteiger partial charge in [0.05, 0.1) is 0 Å². The first-order valence-electron chi connectivity index (χ1n) is 6.29. The molecule has 5 nitrogen and oxygen atoms in total. The van der Waals surface area contributed by atoms with Crippen LogP contribution in [-0.2, 0) is 6.54 Å². The van der Waals surface area contributed by atoms with Crippen molar-refractivity contribution in [3.8, 4) is 0 Å². The van der Waals surface area contributed by atoms with E-state index in [0.717, 1.165) is 31.7 Å². The normalized spacial score (nSPS) is 22.0. The van der Waals surface area contributed by atoms with Gasteiger partial charge in [-0.15, -0.1) is 0 Å². The minimum atomic E-state index is 0.0485. The van der Waals surface area contributed by atoms with Gasteiger partial charge < -0.3 is 10.6 Å². The van der Waals surface area contributed by atoms with Crippen molar-refractivity contribution in [2.75, 3.05) is 26.7 Å². The van der Waals surface area contributed by atoms with Crippen molar-refractivity contribution >= 4 is 5.84 Å². The van der Waals surface area contributed by atoms with E-state index in [1.54, 1.807) is 6.20 Å². The number of hydrogen-bond donors (Lipinski definition) is 2. The minimum absolute atomic E-state index is 0.0485. The van der Waals surface area contributed by atoms with Crippen LogP contribution in [0.3, 0.4) is 0 Å². The van der Waals surface area contributed by atoms with E-state index >= 15 is 0 Å². The van der Waals surface area contributed by atoms with Gasteiger partial charge in [0.1, 0.15) is 11.5 Å². The molecule has 0 radical (unpaired) electrons. The second kappa shape index (κ2) is 5.46. The summed E-state index contributed by atoms with van der Waals surface area (Å²) in [6.45, 7) is 6.26. The first kappa shape index (κ1) is 13.0. The topological polar surface area (TPSA) is 69.2 Å². The van der Waals surface area contributed by atoms with Gasteiger partial charge in [0, 0.05) is 38.4 Å². The third-order valence-corrected chi connectivity index (χ3v) is 3.49. The Labute approximate surface area is 108 Å². The average Bonchev–Trinajstić information content (AvgIpc) is 2.33. The first-order valence-corrected chi connectivity index (χ1v) is 6.29. The highest BCUT2D eigenvalue weighted by Gasteiger charge is 2.22. The third-order valence-electron chi connectivity index (χ3n) is 3.49. The summed E-state index contributed by atoms with van der Waals surface area (Å²) >= 11 is 0. The van der Waals surface area contributed by atoms with Gasteiger partial charge in [-0.05, 0) is 25.6 Å². The molecule has 2 heterocycles. The average molecular weight is 247 g/mol. The molecule has 1 aromatic heterocycles. The quantitative estimate of drug-likeness (QED) is 0.603. The summed E-state index contributed by atoms with van der Waals surface area (Å²) in [5.41, 5.74) is 7.23. The molecule has 5 heteroatoms. The summed E-state index contributed by atoms with van der Waals surface area (Å²) in [6.07, 6.45) is 1.69. The second-order valence-electron chi connectivity index (χ2n) is 5.01. The molecule has 1 unspecified atom stereocenters. The lowest BCUT2D eigenvalue weighted by atomic mass is 10.1. The molecule has 0 spiro atoms. The molecular weight excluding hydrogens is 226 g/mol. The molecule has 0 aromatic carbocycles. The summed E-state index contributed by atoms with van der Waals surface area (Å²) in [6, 6.07) is 4.43. The Morgan fingerprint density at radius 3 is 3.00 bits per heavy atom. The van der Waals surface area contributed by atoms with E-state index < -0.39 is 0 Å². The highest BCUT2D eigenvalue weighted by atomic mass is 15.3. The number of piperazine rings is 1. The van der Waals surface area contributed by atoms with Gasteiger partial charge in [0.2, 0.25) is 0 Å². The maximum Gasteiger partial charge on any atom is 0.142 e. The van der Waals surface area contributed by atoms with Crippen LogP contribution < -0.4 is 5.73 Å². The lowest BCUT2D eigenvalue weighted by Crippen LogP contribution is -2.50. The van der Waals surface area contributed by atoms with Crippen LogP contribution >= 0.6 is 0 Å². The molecule has 1 aliphatic rings. The van der Waals surface area contributed by atoms with E-state index in [2.05, 4.69) is 28.8 Å². The van der Waals surface area contributed by atoms with Crippen molar-refractivity contribution in [3.63, 3.8) is 0 Å². The van der Waals surface area contributed by atoms with Crippen molar-refractivity contribution in [2.24, 2.45) is 5.73 Å². The fourth-order valence-electron chi connectivity index (χ4n) is 2.44. The van der Waals surface area contributed by atoms with Crippen molar-refractivity contribution in [1.82, 2.24) is 14.8 Å². The van der Waals surface area contributed by atoms with E-state index in [0.29, 0.717) is 11.7 Å². The fraction of sp³-hybridized carbons (Fsp3) is 0.538. The molecule has 98 valence electrons. The van der Waals surface area contributed by atoms with Gasteiger partial charge in [-0.1, -0.05) is 6.07 Å². The van der Waals surface area contributed by atoms with Crippen LogP contribution in [0.5, 0.6) is 0 Å². The number of nitrogen functional groups attached to an aromatic ring is 1. The molecule has 2 rings (SSSR count). The standard InChI is InChI=1S/C13H21N5/c1-10-8-17(2)6-7-18(10)9-11-4-3-5-16-12(11)13(14)15/h3-5,10H,6-9H2,1-2H3,(H3,14,15). The summed E-state index contributed by atoms with van der Waals surface area (Å²) in [5.74, 6) is 0.0485. The zero-order chi connectivity index (χ0) is 13.1. The van der Waals surface area contributed by atoms with Crippen LogP contribution in [0.4, 0.5) is 0 Å². The van der Waals surface area contributed by atoms with Crippen molar-refractivity contribution in [2.45, 2.75) is 19.5 Å². The lowest BCUT2D eigenvalue weighted by molar-refractivity contribution is 0.0937. The Balaban J connectivity index is 2.12. The van der Waals surface area contributed by atoms with Crippen LogP contribution in [-0.4, -0.2) is 53.3 Å². The molecule has 0 bridgehead atoms. The zero-order valence-electron chi connectivity index (χ0n) is 11.1. The van der Waals surface area contributed by atoms with E-state index in [-0.39, 0.29) is 5.84 Å². The number of amidine groups is 1. The summed E-state index contributed by atoms with van der Waals surface area (Å²) in [5, 5.41) is 7.56. The summed E-state index contributed by atoms with van der Waals surface area (Å²) in [4.78, 5) is 8.96. The molecule has 18 heavy (non-hydrogen) atoms. The van der Waals surface area contributed by atoms with E-state index in [1.807, 2.05) is 12.1 Å². The molecule has 0 aliphatic carbocycles. The van der Waals surface area contributed by atoms with Gasteiger partial charge in [-0.2, -0.15) is 0 Å². The third kappa shape index (κ3) is 2.86. The summed E-state index contributed by atoms with van der Waals surface area (Å²) < 4.78 is 0. The zero-order valence-corrected chi connectivity index (χ0v) is 11.1. The number of hydrogen-bond acceptors (Lipinski definition) is 4. The van der Waals surface area contributed by atoms with Gasteiger partial charge in [-0.3, -0.25) is 15.3 Å². The van der Waals surface area contributed by atoms with Gasteiger partial charge in [0.15, 0.2) is 0 Å².